The molecule has 0 aromatic carbocycles. The molecule has 0 unspecified atom stereocenters. The van der Waals surface area contributed by atoms with Gasteiger partial charge in [-0.05, 0) is 42.4 Å². The van der Waals surface area contributed by atoms with Crippen LogP contribution in [0.2, 0.25) is 0 Å². The molecule has 0 spiro atoms. The SMILES string of the molecule is CC(C)[C@@]1(C)CCC[C@H](OC(=O)C=CS[C@H]2CC(=O)N2)C1. The highest BCUT2D eigenvalue weighted by molar-refractivity contribution is 8.02. The molecule has 0 radical (unpaired) electrons. The maximum absolute atomic E-state index is 11.8. The molecule has 4 nitrogen and oxygen atoms in total. The molecule has 0 aromatic heterocycles. The number of nitrogens with one attached hydrogen (secondary N) is 1. The second-order valence-electron chi connectivity index (χ2n) is 6.66. The predicted molar refractivity (Wildman–Crippen MR) is 84.6 cm³/mol. The molecule has 2 fully saturated rings. The van der Waals surface area contributed by atoms with Crippen LogP contribution in [-0.2, 0) is 14.3 Å². The van der Waals surface area contributed by atoms with Crippen molar-refractivity contribution >= 4 is 23.6 Å². The second-order valence-corrected chi connectivity index (χ2v) is 7.78. The van der Waals surface area contributed by atoms with Gasteiger partial charge < -0.3 is 10.1 Å². The second kappa shape index (κ2) is 6.86. The number of esters is 1. The number of β-lactam (4-membered cyclic amide) rings is 1. The fourth-order valence-electron chi connectivity index (χ4n) is 2.88. The monoisotopic (exact) mass is 311 g/mol. The first kappa shape index (κ1) is 16.4. The predicted octanol–water partition coefficient (Wildman–Crippen LogP) is 3.23. The highest BCUT2D eigenvalue weighted by Gasteiger charge is 2.36. The van der Waals surface area contributed by atoms with Gasteiger partial charge in [0, 0.05) is 6.08 Å². The first-order valence-electron chi connectivity index (χ1n) is 7.71. The van der Waals surface area contributed by atoms with Crippen molar-refractivity contribution < 1.29 is 14.3 Å². The van der Waals surface area contributed by atoms with Gasteiger partial charge in [-0.15, -0.1) is 11.8 Å². The normalized spacial score (nSPS) is 32.9. The van der Waals surface area contributed by atoms with E-state index in [4.69, 9.17) is 4.74 Å². The number of ether oxygens (including phenoxy) is 1. The number of carbonyl (C=O) groups is 2. The average Bonchev–Trinajstić information content (AvgIpc) is 2.36. The zero-order valence-corrected chi connectivity index (χ0v) is 13.9. The maximum atomic E-state index is 11.8. The van der Waals surface area contributed by atoms with Crippen LogP contribution in [0.5, 0.6) is 0 Å². The van der Waals surface area contributed by atoms with E-state index in [-0.39, 0.29) is 28.8 Å². The number of hydrogen-bond donors (Lipinski definition) is 1. The van der Waals surface area contributed by atoms with Crippen molar-refractivity contribution in [2.24, 2.45) is 11.3 Å². The first-order chi connectivity index (χ1) is 9.89. The third-order valence-electron chi connectivity index (χ3n) is 4.78. The van der Waals surface area contributed by atoms with Crippen molar-refractivity contribution in [3.63, 3.8) is 0 Å². The van der Waals surface area contributed by atoms with E-state index in [0.29, 0.717) is 12.3 Å². The van der Waals surface area contributed by atoms with Gasteiger partial charge in [-0.1, -0.05) is 20.8 Å². The summed E-state index contributed by atoms with van der Waals surface area (Å²) in [5.74, 6) is 0.400. The summed E-state index contributed by atoms with van der Waals surface area (Å²) in [4.78, 5) is 22.6. The van der Waals surface area contributed by atoms with Gasteiger partial charge >= 0.3 is 5.97 Å². The Morgan fingerprint density at radius 3 is 2.86 bits per heavy atom. The molecule has 0 aromatic rings. The van der Waals surface area contributed by atoms with E-state index in [1.807, 2.05) is 0 Å². The molecule has 3 atom stereocenters. The molecule has 0 bridgehead atoms. The van der Waals surface area contributed by atoms with Crippen LogP contribution < -0.4 is 5.32 Å². The summed E-state index contributed by atoms with van der Waals surface area (Å²) < 4.78 is 5.57. The lowest BCUT2D eigenvalue weighted by Gasteiger charge is -2.40. The Hall–Kier alpha value is -0.970. The van der Waals surface area contributed by atoms with Gasteiger partial charge in [-0.2, -0.15) is 0 Å². The molecule has 1 aliphatic carbocycles. The lowest BCUT2D eigenvalue weighted by atomic mass is 9.67. The van der Waals surface area contributed by atoms with Crippen LogP contribution in [0.1, 0.15) is 52.9 Å². The topological polar surface area (TPSA) is 55.4 Å². The van der Waals surface area contributed by atoms with E-state index in [0.717, 1.165) is 19.3 Å². The van der Waals surface area contributed by atoms with Crippen molar-refractivity contribution in [2.45, 2.75) is 64.4 Å². The van der Waals surface area contributed by atoms with Crippen molar-refractivity contribution in [1.29, 1.82) is 0 Å². The van der Waals surface area contributed by atoms with Gasteiger partial charge in [0.15, 0.2) is 0 Å². The Kier molecular flexibility index (Phi) is 5.36. The fourth-order valence-corrected chi connectivity index (χ4v) is 3.71. The van der Waals surface area contributed by atoms with E-state index >= 15 is 0 Å². The number of hydrogen-bond acceptors (Lipinski definition) is 4. The van der Waals surface area contributed by atoms with E-state index in [2.05, 4.69) is 26.1 Å². The molecular weight excluding hydrogens is 286 g/mol. The summed E-state index contributed by atoms with van der Waals surface area (Å²) >= 11 is 1.45. The molecule has 1 saturated carbocycles. The van der Waals surface area contributed by atoms with E-state index in [9.17, 15) is 9.59 Å². The first-order valence-corrected chi connectivity index (χ1v) is 8.65. The van der Waals surface area contributed by atoms with Gasteiger partial charge in [-0.3, -0.25) is 4.79 Å². The lowest BCUT2D eigenvalue weighted by Crippen LogP contribution is -2.45. The highest BCUT2D eigenvalue weighted by atomic mass is 32.2. The number of thioether (sulfide) groups is 1. The van der Waals surface area contributed by atoms with E-state index in [1.54, 1.807) is 5.41 Å². The van der Waals surface area contributed by atoms with Gasteiger partial charge in [0.25, 0.3) is 0 Å². The standard InChI is InChI=1S/C16H25NO3S/c1-11(2)16(3)7-4-5-12(10-16)20-15(19)6-8-21-14-9-13(18)17-14/h6,8,11-12,14H,4-5,7,9-10H2,1-3H3,(H,17,18)/t12-,14-,16-/m0/s1. The maximum Gasteiger partial charge on any atom is 0.331 e. The summed E-state index contributed by atoms with van der Waals surface area (Å²) in [6.45, 7) is 6.78. The molecule has 118 valence electrons. The van der Waals surface area contributed by atoms with Crippen LogP contribution in [0.15, 0.2) is 11.5 Å². The minimum absolute atomic E-state index is 0.0386. The van der Waals surface area contributed by atoms with Crippen molar-refractivity contribution in [2.75, 3.05) is 0 Å². The zero-order valence-electron chi connectivity index (χ0n) is 13.1. The third-order valence-corrected chi connectivity index (χ3v) is 5.69. The smallest absolute Gasteiger partial charge is 0.331 e. The summed E-state index contributed by atoms with van der Waals surface area (Å²) in [6.07, 6.45) is 6.29. The fraction of sp³-hybridized carbons (Fsp3) is 0.750. The van der Waals surface area contributed by atoms with Gasteiger partial charge in [0.2, 0.25) is 5.91 Å². The van der Waals surface area contributed by atoms with Crippen LogP contribution in [0.3, 0.4) is 0 Å². The molecule has 2 rings (SSSR count). The van der Waals surface area contributed by atoms with E-state index < -0.39 is 0 Å². The molecule has 1 heterocycles. The van der Waals surface area contributed by atoms with Crippen LogP contribution in [0.25, 0.3) is 0 Å². The largest absolute Gasteiger partial charge is 0.459 e. The number of amides is 1. The van der Waals surface area contributed by atoms with Crippen molar-refractivity contribution in [1.82, 2.24) is 5.32 Å². The van der Waals surface area contributed by atoms with Gasteiger partial charge in [0.1, 0.15) is 6.10 Å². The zero-order chi connectivity index (χ0) is 15.5. The number of rotatable bonds is 5. The van der Waals surface area contributed by atoms with Crippen LogP contribution in [-0.4, -0.2) is 23.4 Å². The van der Waals surface area contributed by atoms with Gasteiger partial charge in [-0.25, -0.2) is 4.79 Å². The molecule has 21 heavy (non-hydrogen) atoms. The summed E-state index contributed by atoms with van der Waals surface area (Å²) in [7, 11) is 0. The molecule has 1 N–H and O–H groups in total. The highest BCUT2D eigenvalue weighted by Crippen LogP contribution is 2.42. The van der Waals surface area contributed by atoms with Gasteiger partial charge in [0.05, 0.1) is 11.8 Å². The third kappa shape index (κ3) is 4.50. The van der Waals surface area contributed by atoms with Crippen LogP contribution in [0, 0.1) is 11.3 Å². The molecule has 5 heteroatoms. The van der Waals surface area contributed by atoms with Crippen LogP contribution >= 0.6 is 11.8 Å². The summed E-state index contributed by atoms with van der Waals surface area (Å²) in [6, 6.07) is 0. The quantitative estimate of drug-likeness (QED) is 0.481. The minimum atomic E-state index is -0.272. The minimum Gasteiger partial charge on any atom is -0.459 e. The molecular formula is C16H25NO3S. The van der Waals surface area contributed by atoms with Crippen LogP contribution in [0.4, 0.5) is 0 Å². The average molecular weight is 311 g/mol. The molecule has 1 saturated heterocycles. The van der Waals surface area contributed by atoms with Crippen molar-refractivity contribution in [3.05, 3.63) is 11.5 Å². The molecule has 1 amide bonds. The lowest BCUT2D eigenvalue weighted by molar-refractivity contribution is -0.147. The summed E-state index contributed by atoms with van der Waals surface area (Å²) in [5.41, 5.74) is 0.276. The Labute approximate surface area is 131 Å². The Morgan fingerprint density at radius 1 is 1.52 bits per heavy atom. The van der Waals surface area contributed by atoms with E-state index in [1.165, 1.54) is 24.3 Å². The Balaban J connectivity index is 1.74. The Bertz CT molecular complexity index is 427. The number of carbonyl (C=O) groups excluding carboxylic acids is 2. The van der Waals surface area contributed by atoms with Crippen molar-refractivity contribution in [3.8, 4) is 0 Å². The molecule has 1 aliphatic heterocycles. The molecule has 2 aliphatic rings. The Morgan fingerprint density at radius 2 is 2.24 bits per heavy atom. The summed E-state index contributed by atoms with van der Waals surface area (Å²) in [5, 5.41) is 4.57.